The first-order chi connectivity index (χ1) is 34.7. The number of nitrogens with zero attached hydrogens (tertiary/aromatic N) is 2. The number of hydrogen-bond acceptors (Lipinski definition) is 15. The van der Waals surface area contributed by atoms with E-state index in [4.69, 9.17) is 33.2 Å². The maximum Gasteiger partial charge on any atom is 0.410 e. The zero-order valence-corrected chi connectivity index (χ0v) is 45.2. The second-order valence-corrected chi connectivity index (χ2v) is 21.5. The normalized spacial score (nSPS) is 38.5. The molecule has 17 nitrogen and oxygen atoms in total. The first-order valence-corrected chi connectivity index (χ1v) is 26.7. The van der Waals surface area contributed by atoms with Gasteiger partial charge in [0.1, 0.15) is 36.2 Å². The highest BCUT2D eigenvalue weighted by Gasteiger charge is 2.53. The quantitative estimate of drug-likeness (QED) is 0.155. The molecule has 0 aromatic carbocycles. The Balaban J connectivity index is 1.44. The van der Waals surface area contributed by atoms with Gasteiger partial charge >= 0.3 is 12.1 Å². The van der Waals surface area contributed by atoms with E-state index in [1.165, 1.54) is 12.0 Å². The smallest absolute Gasteiger partial charge is 0.410 e. The van der Waals surface area contributed by atoms with Crippen LogP contribution in [0.1, 0.15) is 126 Å². The van der Waals surface area contributed by atoms with Crippen LogP contribution >= 0.6 is 0 Å². The van der Waals surface area contributed by atoms with Crippen LogP contribution < -0.4 is 0 Å². The highest BCUT2D eigenvalue weighted by Crippen LogP contribution is 2.38. The zero-order chi connectivity index (χ0) is 53.6. The predicted octanol–water partition coefficient (Wildman–Crippen LogP) is 6.66. The fourth-order valence-corrected chi connectivity index (χ4v) is 11.2. The van der Waals surface area contributed by atoms with Gasteiger partial charge in [-0.3, -0.25) is 19.2 Å². The number of fused-ring (bicyclic) bond motifs is 3. The first-order valence-electron chi connectivity index (χ1n) is 26.7. The van der Waals surface area contributed by atoms with Crippen LogP contribution in [-0.2, 0) is 57.1 Å². The van der Waals surface area contributed by atoms with Gasteiger partial charge in [-0.1, -0.05) is 71.1 Å². The Bertz CT molecular complexity index is 2010. The summed E-state index contributed by atoms with van der Waals surface area (Å²) < 4.78 is 41.2. The van der Waals surface area contributed by atoms with E-state index >= 15 is 0 Å². The molecule has 15 atom stereocenters. The molecule has 5 aliphatic rings. The summed E-state index contributed by atoms with van der Waals surface area (Å²) in [7, 11) is 4.54. The van der Waals surface area contributed by atoms with Gasteiger partial charge in [0.05, 0.1) is 31.5 Å². The van der Waals surface area contributed by atoms with Crippen molar-refractivity contribution in [3.8, 4) is 0 Å². The molecule has 4 heterocycles. The second kappa shape index (κ2) is 28.2. The molecule has 2 amide bonds. The van der Waals surface area contributed by atoms with Crippen LogP contribution in [0.4, 0.5) is 4.79 Å². The van der Waals surface area contributed by atoms with Crippen molar-refractivity contribution in [2.75, 3.05) is 54.2 Å². The minimum atomic E-state index is -2.45. The van der Waals surface area contributed by atoms with E-state index < -0.39 is 95.9 Å². The molecule has 0 aromatic rings. The van der Waals surface area contributed by atoms with Crippen LogP contribution in [0.2, 0.25) is 0 Å². The molecule has 73 heavy (non-hydrogen) atoms. The highest BCUT2D eigenvalue weighted by atomic mass is 16.6. The van der Waals surface area contributed by atoms with Crippen molar-refractivity contribution in [2.24, 2.45) is 35.5 Å². The molecule has 4 aliphatic heterocycles. The molecule has 4 fully saturated rings. The second-order valence-electron chi connectivity index (χ2n) is 21.5. The number of morpholine rings is 1. The van der Waals surface area contributed by atoms with E-state index in [0.717, 1.165) is 5.57 Å². The fourth-order valence-electron chi connectivity index (χ4n) is 11.2. The molecule has 0 aromatic heterocycles. The summed E-state index contributed by atoms with van der Waals surface area (Å²) in [6.45, 7) is 14.5. The van der Waals surface area contributed by atoms with Gasteiger partial charge in [-0.2, -0.15) is 0 Å². The number of hydrogen-bond donors (Lipinski definition) is 2. The van der Waals surface area contributed by atoms with Crippen molar-refractivity contribution in [3.63, 3.8) is 0 Å². The third-order valence-corrected chi connectivity index (χ3v) is 16.0. The number of cyclic esters (lactones) is 1. The van der Waals surface area contributed by atoms with Crippen molar-refractivity contribution in [1.29, 1.82) is 0 Å². The minimum Gasteiger partial charge on any atom is -0.460 e. The zero-order valence-electron chi connectivity index (χ0n) is 45.2. The van der Waals surface area contributed by atoms with E-state index in [0.29, 0.717) is 96.1 Å². The summed E-state index contributed by atoms with van der Waals surface area (Å²) in [5, 5.41) is 23.5. The third-order valence-electron chi connectivity index (χ3n) is 16.0. The number of allylic oxidation sites excluding steroid dienone is 6. The Kier molecular flexibility index (Phi) is 23.1. The Labute approximate surface area is 433 Å². The maximum absolute atomic E-state index is 14.6. The lowest BCUT2D eigenvalue weighted by Crippen LogP contribution is -2.61. The Hall–Kier alpha value is -4.10. The molecular formula is C56H86N2O15. The number of aliphatic hydroxyl groups is 2. The van der Waals surface area contributed by atoms with Crippen molar-refractivity contribution in [3.05, 3.63) is 47.6 Å². The van der Waals surface area contributed by atoms with E-state index in [2.05, 4.69) is 0 Å². The Morgan fingerprint density at radius 3 is 2.25 bits per heavy atom. The molecule has 2 N–H and O–H groups in total. The van der Waals surface area contributed by atoms with Crippen LogP contribution in [0.3, 0.4) is 0 Å². The number of Topliss-reactive ketones (excluding diaryl/α,β-unsaturated/α-hetero) is 3. The molecule has 1 aliphatic carbocycles. The van der Waals surface area contributed by atoms with Crippen molar-refractivity contribution in [1.82, 2.24) is 9.80 Å². The largest absolute Gasteiger partial charge is 0.460 e. The van der Waals surface area contributed by atoms with Gasteiger partial charge in [-0.05, 0) is 107 Å². The summed E-state index contributed by atoms with van der Waals surface area (Å²) in [5.41, 5.74) is 1.25. The van der Waals surface area contributed by atoms with E-state index in [1.54, 1.807) is 46.0 Å². The third kappa shape index (κ3) is 16.0. The fraction of sp³-hybridized carbons (Fsp3) is 0.750. The molecule has 410 valence electrons. The molecule has 17 heteroatoms. The van der Waals surface area contributed by atoms with Gasteiger partial charge in [-0.25, -0.2) is 9.59 Å². The van der Waals surface area contributed by atoms with Crippen LogP contribution in [-0.4, -0.2) is 164 Å². The molecule has 2 bridgehead atoms. The maximum atomic E-state index is 14.6. The van der Waals surface area contributed by atoms with Crippen LogP contribution in [0.15, 0.2) is 47.6 Å². The van der Waals surface area contributed by atoms with Gasteiger partial charge in [0.25, 0.3) is 11.7 Å². The number of carbonyl (C=O) groups excluding carboxylic acids is 6. The number of ketones is 3. The van der Waals surface area contributed by atoms with Crippen molar-refractivity contribution < 1.29 is 72.1 Å². The average molecular weight is 1030 g/mol. The average Bonchev–Trinajstić information content (AvgIpc) is 3.38. The number of carbonyl (C=O) groups is 6. The number of methoxy groups -OCH3 is 3. The van der Waals surface area contributed by atoms with Gasteiger partial charge in [0.2, 0.25) is 5.79 Å². The summed E-state index contributed by atoms with van der Waals surface area (Å²) in [6.07, 6.45) is 10.5. The summed E-state index contributed by atoms with van der Waals surface area (Å²) in [4.78, 5) is 87.2. The van der Waals surface area contributed by atoms with E-state index in [9.17, 15) is 39.0 Å². The molecule has 1 unspecified atom stereocenters. The monoisotopic (exact) mass is 1030 g/mol. The highest BCUT2D eigenvalue weighted by molar-refractivity contribution is 6.39. The summed E-state index contributed by atoms with van der Waals surface area (Å²) in [6, 6.07) is -1.17. The van der Waals surface area contributed by atoms with E-state index in [1.807, 2.05) is 58.1 Å². The number of ether oxygens (including phenoxy) is 7. The lowest BCUT2D eigenvalue weighted by atomic mass is 9.78. The van der Waals surface area contributed by atoms with Gasteiger partial charge in [0.15, 0.2) is 5.78 Å². The number of aliphatic hydroxyl groups excluding tert-OH is 1. The Morgan fingerprint density at radius 1 is 0.836 bits per heavy atom. The Morgan fingerprint density at radius 2 is 1.56 bits per heavy atom. The van der Waals surface area contributed by atoms with Crippen molar-refractivity contribution in [2.45, 2.75) is 180 Å². The van der Waals surface area contributed by atoms with Crippen LogP contribution in [0, 0.1) is 35.5 Å². The standard InChI is InChI=1S/C56H86N2O15/c1-34-16-12-11-13-17-35(2)46(67-8)32-42-21-19-40(7)56(66,73-42)52(62)53(63)58-23-15-14-18-43(58)54(64)71-47(33-44(59)36(3)29-39(6)50(61)51(69-10)49(60)38(5)28-34)37(4)30-41-20-22-45(48(31-41)68-9)72-55(65)57-24-26-70-27-25-57/h11-13,16-17,29,34,36-38,40-43,45-48,50-51,61,66H,14-15,18-28,30-33H2,1-10H3/b13-11+,16-12+,35-17+,39-29+/t34-,36-,37-,38-,40-,41?,42+,43+,45+,46+,47+,48+,50-,51+,56-/m1/s1. The van der Waals surface area contributed by atoms with Crippen LogP contribution in [0.25, 0.3) is 0 Å². The predicted molar refractivity (Wildman–Crippen MR) is 272 cm³/mol. The molecular weight excluding hydrogens is 941 g/mol. The number of amides is 2. The SMILES string of the molecule is CO[C@H]1C[C@@H]2CC[C@@H](C)[C@@](O)(O2)C(=O)C(=O)N2CCCC[C@H]2C(=O)O[C@H]([C@H](C)CC2CC[C@H](OC(=O)N3CCOCC3)[C@@H](OC)C2)CC(=O)[C@H](C)/C=C(\C)[C@@H](O)[C@@H](OC)C(=O)[C@H](C)C[C@H](C)/C=C/C=C/C=C/1C. The van der Waals surface area contributed by atoms with Gasteiger partial charge in [-0.15, -0.1) is 0 Å². The van der Waals surface area contributed by atoms with Crippen LogP contribution in [0.5, 0.6) is 0 Å². The van der Waals surface area contributed by atoms with Gasteiger partial charge in [0, 0.05) is 71.6 Å². The summed E-state index contributed by atoms with van der Waals surface area (Å²) >= 11 is 0. The number of esters is 1. The summed E-state index contributed by atoms with van der Waals surface area (Å²) in [5.74, 6) is -8.26. The molecule has 0 spiro atoms. The lowest BCUT2D eigenvalue weighted by molar-refractivity contribution is -0.265. The topological polar surface area (TPSA) is 214 Å². The molecule has 0 radical (unpaired) electrons. The number of rotatable bonds is 7. The first kappa shape index (κ1) is 59.8. The molecule has 1 saturated carbocycles. The lowest BCUT2D eigenvalue weighted by Gasteiger charge is -2.42. The van der Waals surface area contributed by atoms with E-state index in [-0.39, 0.29) is 48.9 Å². The van der Waals surface area contributed by atoms with Gasteiger partial charge < -0.3 is 53.2 Å². The molecule has 3 saturated heterocycles. The molecule has 5 rings (SSSR count). The number of piperidine rings is 1. The minimum absolute atomic E-state index is 0.00596. The van der Waals surface area contributed by atoms with Crippen molar-refractivity contribution >= 4 is 35.3 Å².